The molecule has 0 radical (unpaired) electrons. The van der Waals surface area contributed by atoms with E-state index in [0.717, 1.165) is 31.6 Å². The monoisotopic (exact) mass is 306 g/mol. The third-order valence-corrected chi connectivity index (χ3v) is 4.41. The Hall–Kier alpha value is -1.69. The summed E-state index contributed by atoms with van der Waals surface area (Å²) in [4.78, 5) is 27.6. The zero-order valence-electron chi connectivity index (χ0n) is 13.7. The molecule has 1 amide bonds. The Morgan fingerprint density at radius 3 is 2.77 bits per heavy atom. The quantitative estimate of drug-likeness (QED) is 0.847. The molecule has 0 unspecified atom stereocenters. The van der Waals surface area contributed by atoms with E-state index in [1.807, 2.05) is 4.90 Å². The van der Waals surface area contributed by atoms with Crippen LogP contribution in [0.4, 0.5) is 0 Å². The fraction of sp³-hybridized carbons (Fsp3) is 0.688. The highest BCUT2D eigenvalue weighted by Crippen LogP contribution is 2.25. The number of nitrogens with zero attached hydrogens (tertiary/aromatic N) is 3. The van der Waals surface area contributed by atoms with Crippen LogP contribution in [0.15, 0.2) is 16.9 Å². The SMILES string of the molecule is CCC[C@H]1CN(C(=O)CCc2ccc(=O)[nH]n2)C[C@@H]1N(C)C. The highest BCUT2D eigenvalue weighted by atomic mass is 16.2. The van der Waals surface area contributed by atoms with Crippen LogP contribution in [-0.2, 0) is 11.2 Å². The van der Waals surface area contributed by atoms with E-state index in [2.05, 4.69) is 36.1 Å². The van der Waals surface area contributed by atoms with Crippen LogP contribution in [0.25, 0.3) is 0 Å². The topological polar surface area (TPSA) is 69.3 Å². The third-order valence-electron chi connectivity index (χ3n) is 4.41. The molecule has 0 saturated carbocycles. The summed E-state index contributed by atoms with van der Waals surface area (Å²) < 4.78 is 0. The van der Waals surface area contributed by atoms with E-state index >= 15 is 0 Å². The number of likely N-dealkylation sites (N-methyl/N-ethyl adjacent to an activating group) is 1. The van der Waals surface area contributed by atoms with E-state index in [-0.39, 0.29) is 11.5 Å². The molecule has 6 nitrogen and oxygen atoms in total. The van der Waals surface area contributed by atoms with E-state index < -0.39 is 0 Å². The lowest BCUT2D eigenvalue weighted by atomic mass is 9.98. The second-order valence-corrected chi connectivity index (χ2v) is 6.29. The van der Waals surface area contributed by atoms with E-state index in [4.69, 9.17) is 0 Å². The largest absolute Gasteiger partial charge is 0.341 e. The van der Waals surface area contributed by atoms with Gasteiger partial charge in [-0.1, -0.05) is 13.3 Å². The van der Waals surface area contributed by atoms with Gasteiger partial charge in [0.1, 0.15) is 0 Å². The van der Waals surface area contributed by atoms with Crippen LogP contribution in [-0.4, -0.2) is 59.1 Å². The normalized spacial score (nSPS) is 21.5. The molecule has 0 aliphatic carbocycles. The lowest BCUT2D eigenvalue weighted by Gasteiger charge is -2.24. The molecular formula is C16H26N4O2. The van der Waals surface area contributed by atoms with Crippen molar-refractivity contribution in [1.82, 2.24) is 20.0 Å². The highest BCUT2D eigenvalue weighted by Gasteiger charge is 2.35. The van der Waals surface area contributed by atoms with E-state index in [9.17, 15) is 9.59 Å². The average Bonchev–Trinajstić information content (AvgIpc) is 2.91. The fourth-order valence-corrected chi connectivity index (χ4v) is 3.20. The molecule has 6 heteroatoms. The number of rotatable bonds is 6. The van der Waals surface area contributed by atoms with Gasteiger partial charge in [0.2, 0.25) is 5.91 Å². The van der Waals surface area contributed by atoms with E-state index in [0.29, 0.717) is 24.8 Å². The van der Waals surface area contributed by atoms with Gasteiger partial charge in [0.05, 0.1) is 5.69 Å². The maximum absolute atomic E-state index is 12.4. The van der Waals surface area contributed by atoms with Crippen LogP contribution in [0.3, 0.4) is 0 Å². The molecule has 122 valence electrons. The number of aryl methyl sites for hydroxylation is 1. The number of hydrogen-bond donors (Lipinski definition) is 1. The summed E-state index contributed by atoms with van der Waals surface area (Å²) in [5.74, 6) is 0.744. The van der Waals surface area contributed by atoms with Crippen LogP contribution in [0.1, 0.15) is 31.9 Å². The fourth-order valence-electron chi connectivity index (χ4n) is 3.20. The van der Waals surface area contributed by atoms with Crippen molar-refractivity contribution < 1.29 is 4.79 Å². The van der Waals surface area contributed by atoms with E-state index in [1.54, 1.807) is 6.07 Å². The van der Waals surface area contributed by atoms with Gasteiger partial charge in [-0.2, -0.15) is 5.10 Å². The van der Waals surface area contributed by atoms with Gasteiger partial charge in [0.25, 0.3) is 5.56 Å². The Balaban J connectivity index is 1.89. The number of carbonyl (C=O) groups excluding carboxylic acids is 1. The molecule has 1 N–H and O–H groups in total. The predicted molar refractivity (Wildman–Crippen MR) is 85.6 cm³/mol. The van der Waals surface area contributed by atoms with Gasteiger partial charge in [-0.3, -0.25) is 9.59 Å². The summed E-state index contributed by atoms with van der Waals surface area (Å²) in [5.41, 5.74) is 0.535. The number of likely N-dealkylation sites (tertiary alicyclic amines) is 1. The molecule has 0 bridgehead atoms. The molecule has 2 rings (SSSR count). The smallest absolute Gasteiger partial charge is 0.264 e. The van der Waals surface area contributed by atoms with Gasteiger partial charge < -0.3 is 9.80 Å². The third kappa shape index (κ3) is 4.16. The van der Waals surface area contributed by atoms with Crippen molar-refractivity contribution >= 4 is 5.91 Å². The molecule has 2 atom stereocenters. The second kappa shape index (κ2) is 7.54. The lowest BCUT2D eigenvalue weighted by molar-refractivity contribution is -0.130. The minimum Gasteiger partial charge on any atom is -0.341 e. The summed E-state index contributed by atoms with van der Waals surface area (Å²) in [6.07, 6.45) is 3.32. The number of amides is 1. The van der Waals surface area contributed by atoms with Crippen molar-refractivity contribution in [3.63, 3.8) is 0 Å². The Kier molecular flexibility index (Phi) is 5.71. The summed E-state index contributed by atoms with van der Waals surface area (Å²) in [5, 5.41) is 6.35. The van der Waals surface area contributed by atoms with Crippen molar-refractivity contribution in [2.75, 3.05) is 27.2 Å². The Labute approximate surface area is 131 Å². The Morgan fingerprint density at radius 2 is 2.18 bits per heavy atom. The van der Waals surface area contributed by atoms with Crippen molar-refractivity contribution in [3.05, 3.63) is 28.2 Å². The summed E-state index contributed by atoms with van der Waals surface area (Å²) in [6.45, 7) is 3.86. The second-order valence-electron chi connectivity index (χ2n) is 6.29. The Morgan fingerprint density at radius 1 is 1.41 bits per heavy atom. The van der Waals surface area contributed by atoms with Gasteiger partial charge in [-0.05, 0) is 32.5 Å². The average molecular weight is 306 g/mol. The maximum Gasteiger partial charge on any atom is 0.264 e. The molecule has 0 spiro atoms. The first-order valence-electron chi connectivity index (χ1n) is 8.00. The van der Waals surface area contributed by atoms with Crippen molar-refractivity contribution in [1.29, 1.82) is 0 Å². The molecule has 22 heavy (non-hydrogen) atoms. The van der Waals surface area contributed by atoms with E-state index in [1.165, 1.54) is 6.07 Å². The molecule has 0 aromatic carbocycles. The van der Waals surface area contributed by atoms with Crippen LogP contribution >= 0.6 is 0 Å². The van der Waals surface area contributed by atoms with Crippen LogP contribution in [0.2, 0.25) is 0 Å². The van der Waals surface area contributed by atoms with Crippen LogP contribution in [0, 0.1) is 5.92 Å². The number of carbonyl (C=O) groups is 1. The van der Waals surface area contributed by atoms with Crippen molar-refractivity contribution in [3.8, 4) is 0 Å². The van der Waals surface area contributed by atoms with Crippen LogP contribution < -0.4 is 5.56 Å². The van der Waals surface area contributed by atoms with Crippen molar-refractivity contribution in [2.45, 2.75) is 38.6 Å². The molecule has 1 saturated heterocycles. The minimum atomic E-state index is -0.217. The zero-order valence-corrected chi connectivity index (χ0v) is 13.7. The molecule has 2 heterocycles. The van der Waals surface area contributed by atoms with Gasteiger partial charge >= 0.3 is 0 Å². The molecule has 1 aromatic rings. The molecule has 1 aliphatic rings. The van der Waals surface area contributed by atoms with Gasteiger partial charge in [0.15, 0.2) is 0 Å². The standard InChI is InChI=1S/C16H26N4O2/c1-4-5-12-10-20(11-14(12)19(2)3)16(22)9-7-13-6-8-15(21)18-17-13/h6,8,12,14H,4-5,7,9-11H2,1-3H3,(H,18,21)/t12-,14-/m0/s1. The first-order chi connectivity index (χ1) is 10.5. The van der Waals surface area contributed by atoms with Gasteiger partial charge in [0, 0.05) is 38.0 Å². The predicted octanol–water partition coefficient (Wildman–Crippen LogP) is 0.891. The zero-order chi connectivity index (χ0) is 16.1. The summed E-state index contributed by atoms with van der Waals surface area (Å²) >= 11 is 0. The summed E-state index contributed by atoms with van der Waals surface area (Å²) in [6, 6.07) is 3.58. The Bertz CT molecular complexity index is 535. The number of H-pyrrole nitrogens is 1. The number of aromatic amines is 1. The van der Waals surface area contributed by atoms with Crippen molar-refractivity contribution in [2.24, 2.45) is 5.92 Å². The first-order valence-corrected chi connectivity index (χ1v) is 8.00. The molecule has 1 aromatic heterocycles. The molecular weight excluding hydrogens is 280 g/mol. The van der Waals surface area contributed by atoms with Gasteiger partial charge in [-0.25, -0.2) is 5.10 Å². The number of hydrogen-bond acceptors (Lipinski definition) is 4. The van der Waals surface area contributed by atoms with Gasteiger partial charge in [-0.15, -0.1) is 0 Å². The molecule has 1 aliphatic heterocycles. The highest BCUT2D eigenvalue weighted by molar-refractivity contribution is 5.76. The first kappa shape index (κ1) is 16.7. The minimum absolute atomic E-state index is 0.179. The molecule has 1 fully saturated rings. The summed E-state index contributed by atoms with van der Waals surface area (Å²) in [7, 11) is 4.18. The van der Waals surface area contributed by atoms with Crippen LogP contribution in [0.5, 0.6) is 0 Å². The number of aromatic nitrogens is 2. The lowest BCUT2D eigenvalue weighted by Crippen LogP contribution is -2.36. The number of nitrogens with one attached hydrogen (secondary N) is 1. The maximum atomic E-state index is 12.4.